The summed E-state index contributed by atoms with van der Waals surface area (Å²) in [5.74, 6) is 0.278. The molecule has 1 aliphatic carbocycles. The number of aromatic nitrogens is 1. The predicted octanol–water partition coefficient (Wildman–Crippen LogP) is 5.58. The van der Waals surface area contributed by atoms with Crippen molar-refractivity contribution in [2.45, 2.75) is 0 Å². The van der Waals surface area contributed by atoms with Crippen molar-refractivity contribution in [2.75, 3.05) is 0 Å². The Morgan fingerprint density at radius 2 is 1.87 bits per heavy atom. The van der Waals surface area contributed by atoms with E-state index in [2.05, 4.69) is 6.07 Å². The molecule has 0 atom stereocenters. The number of fused-ring (bicyclic) bond motifs is 2. The number of carbonyl (C=O) groups excluding carboxylic acids is 1. The third-order valence-electron chi connectivity index (χ3n) is 5.24. The number of nitriles is 2. The van der Waals surface area contributed by atoms with Crippen molar-refractivity contribution in [3.63, 3.8) is 0 Å². The molecule has 0 bridgehead atoms. The summed E-state index contributed by atoms with van der Waals surface area (Å²) in [6.07, 6.45) is 1.62. The van der Waals surface area contributed by atoms with E-state index in [9.17, 15) is 15.3 Å². The molecule has 0 aliphatic heterocycles. The van der Waals surface area contributed by atoms with Gasteiger partial charge in [0.15, 0.2) is 11.4 Å². The van der Waals surface area contributed by atoms with Gasteiger partial charge in [0.25, 0.3) is 0 Å². The molecule has 6 heteroatoms. The van der Waals surface area contributed by atoms with Gasteiger partial charge >= 0.3 is 0 Å². The zero-order valence-corrected chi connectivity index (χ0v) is 16.7. The van der Waals surface area contributed by atoms with Crippen LogP contribution in [0.5, 0.6) is 0 Å². The van der Waals surface area contributed by atoms with Crippen molar-refractivity contribution >= 4 is 39.9 Å². The number of hydrogen-bond donors (Lipinski definition) is 0. The fourth-order valence-corrected chi connectivity index (χ4v) is 4.63. The van der Waals surface area contributed by atoms with Gasteiger partial charge in [-0.3, -0.25) is 4.79 Å². The minimum atomic E-state index is -0.219. The summed E-state index contributed by atoms with van der Waals surface area (Å²) in [5, 5.41) is 20.9. The molecule has 1 aliphatic rings. The largest absolute Gasteiger partial charge is 0.455 e. The fraction of sp³-hybridized carbons (Fsp3) is 0.0417. The maximum Gasteiger partial charge on any atom is 0.194 e. The number of benzene rings is 1. The van der Waals surface area contributed by atoms with Crippen LogP contribution in [0.25, 0.3) is 33.3 Å². The molecule has 0 unspecified atom stereocenters. The molecule has 142 valence electrons. The Kier molecular flexibility index (Phi) is 4.03. The molecule has 0 N–H and O–H groups in total. The van der Waals surface area contributed by atoms with Gasteiger partial charge in [-0.1, -0.05) is 30.3 Å². The second kappa shape index (κ2) is 6.73. The normalized spacial score (nSPS) is 14.2. The molecule has 0 saturated carbocycles. The summed E-state index contributed by atoms with van der Waals surface area (Å²) in [5.41, 5.74) is 4.32. The van der Waals surface area contributed by atoms with E-state index in [4.69, 9.17) is 4.42 Å². The fourth-order valence-electron chi connectivity index (χ4n) is 3.85. The second-order valence-electron chi connectivity index (χ2n) is 6.87. The van der Waals surface area contributed by atoms with E-state index >= 15 is 0 Å². The summed E-state index contributed by atoms with van der Waals surface area (Å²) < 4.78 is 8.05. The molecular formula is C24H13N3O2S. The molecule has 0 radical (unpaired) electrons. The molecule has 0 amide bonds. The number of hydrogen-bond acceptors (Lipinski definition) is 5. The molecule has 3 aromatic heterocycles. The second-order valence-corrected chi connectivity index (χ2v) is 7.82. The van der Waals surface area contributed by atoms with Crippen LogP contribution in [0.4, 0.5) is 0 Å². The summed E-state index contributed by atoms with van der Waals surface area (Å²) in [7, 11) is 1.97. The van der Waals surface area contributed by atoms with Crippen LogP contribution in [0.1, 0.15) is 21.7 Å². The number of allylic oxidation sites excluding steroid dienone is 3. The number of aryl methyl sites for hydroxylation is 1. The van der Waals surface area contributed by atoms with E-state index in [-0.39, 0.29) is 11.4 Å². The first-order valence-electron chi connectivity index (χ1n) is 9.16. The topological polar surface area (TPSA) is 82.7 Å². The van der Waals surface area contributed by atoms with Crippen LogP contribution in [-0.4, -0.2) is 10.4 Å². The molecular weight excluding hydrogens is 394 g/mol. The molecule has 3 heterocycles. The van der Waals surface area contributed by atoms with Gasteiger partial charge in [0.1, 0.15) is 23.5 Å². The van der Waals surface area contributed by atoms with Crippen LogP contribution in [-0.2, 0) is 7.05 Å². The number of rotatable bonds is 2. The number of nitrogens with zero attached hydrogens (tertiary/aromatic N) is 3. The molecule has 4 aromatic rings. The first-order valence-corrected chi connectivity index (χ1v) is 10.0. The summed E-state index contributed by atoms with van der Waals surface area (Å²) in [6.45, 7) is 0. The first kappa shape index (κ1) is 17.9. The van der Waals surface area contributed by atoms with E-state index in [0.29, 0.717) is 33.6 Å². The van der Waals surface area contributed by atoms with E-state index < -0.39 is 0 Å². The van der Waals surface area contributed by atoms with Crippen molar-refractivity contribution in [2.24, 2.45) is 7.05 Å². The lowest BCUT2D eigenvalue weighted by Crippen LogP contribution is -1.95. The van der Waals surface area contributed by atoms with Gasteiger partial charge in [0, 0.05) is 35.9 Å². The van der Waals surface area contributed by atoms with Crippen LogP contribution in [0.15, 0.2) is 69.5 Å². The maximum absolute atomic E-state index is 13.0. The standard InChI is InChI=1S/C24H13N3O2S/c1-27-19-10-15(29-21(19)11-20(27)22-7-4-8-30-22)9-18-23(14(12-25)13-26)16-5-2-3-6-17(16)24(18)28/h2-11H,1H3/b18-9-. The molecule has 1 aromatic carbocycles. The molecule has 0 saturated heterocycles. The lowest BCUT2D eigenvalue weighted by atomic mass is 9.99. The van der Waals surface area contributed by atoms with Gasteiger partial charge in [-0.05, 0) is 23.1 Å². The number of thiophene rings is 1. The van der Waals surface area contributed by atoms with E-state index in [1.54, 1.807) is 41.7 Å². The maximum atomic E-state index is 13.0. The van der Waals surface area contributed by atoms with E-state index in [1.165, 1.54) is 0 Å². The molecule has 30 heavy (non-hydrogen) atoms. The Morgan fingerprint density at radius 3 is 2.53 bits per heavy atom. The van der Waals surface area contributed by atoms with Crippen molar-refractivity contribution < 1.29 is 9.21 Å². The minimum Gasteiger partial charge on any atom is -0.455 e. The van der Waals surface area contributed by atoms with Gasteiger partial charge < -0.3 is 8.98 Å². The molecule has 0 spiro atoms. The predicted molar refractivity (Wildman–Crippen MR) is 115 cm³/mol. The Balaban J connectivity index is 1.66. The highest BCUT2D eigenvalue weighted by Crippen LogP contribution is 2.40. The third-order valence-corrected chi connectivity index (χ3v) is 6.13. The molecule has 5 rings (SSSR count). The number of furan rings is 1. The smallest absolute Gasteiger partial charge is 0.194 e. The van der Waals surface area contributed by atoms with Crippen molar-refractivity contribution in [3.05, 3.63) is 81.9 Å². The summed E-state index contributed by atoms with van der Waals surface area (Å²) in [4.78, 5) is 14.2. The highest BCUT2D eigenvalue weighted by atomic mass is 32.1. The van der Waals surface area contributed by atoms with Crippen LogP contribution in [0.2, 0.25) is 0 Å². The average Bonchev–Trinajstić information content (AvgIpc) is 3.52. The Labute approximate surface area is 176 Å². The average molecular weight is 407 g/mol. The Hall–Kier alpha value is -4.13. The van der Waals surface area contributed by atoms with Crippen LogP contribution in [0.3, 0.4) is 0 Å². The Bertz CT molecular complexity index is 1470. The lowest BCUT2D eigenvalue weighted by molar-refractivity contribution is 0.104. The minimum absolute atomic E-state index is 0.0874. The van der Waals surface area contributed by atoms with Gasteiger partial charge in [-0.2, -0.15) is 10.5 Å². The summed E-state index contributed by atoms with van der Waals surface area (Å²) >= 11 is 1.65. The number of ketones is 1. The quantitative estimate of drug-likeness (QED) is 0.321. The van der Waals surface area contributed by atoms with E-state index in [0.717, 1.165) is 16.1 Å². The number of Topliss-reactive ketones (excluding diaryl/α,β-unsaturated/α-hetero) is 1. The molecule has 0 fully saturated rings. The first-order chi connectivity index (χ1) is 14.6. The Morgan fingerprint density at radius 1 is 1.10 bits per heavy atom. The highest BCUT2D eigenvalue weighted by molar-refractivity contribution is 7.13. The van der Waals surface area contributed by atoms with Crippen LogP contribution in [0, 0.1) is 22.7 Å². The van der Waals surface area contributed by atoms with Gasteiger partial charge in [0.2, 0.25) is 0 Å². The number of carbonyl (C=O) groups is 1. The molecule has 5 nitrogen and oxygen atoms in total. The SMILES string of the molecule is Cn1c(-c2cccs2)cc2oc(/C=C3\C(=O)c4ccccc4C3=C(C#N)C#N)cc21. The van der Waals surface area contributed by atoms with Crippen molar-refractivity contribution in [1.29, 1.82) is 10.5 Å². The van der Waals surface area contributed by atoms with Crippen molar-refractivity contribution in [3.8, 4) is 22.7 Å². The monoisotopic (exact) mass is 407 g/mol. The van der Waals surface area contributed by atoms with Crippen molar-refractivity contribution in [1.82, 2.24) is 4.57 Å². The zero-order valence-electron chi connectivity index (χ0n) is 15.8. The van der Waals surface area contributed by atoms with Crippen LogP contribution < -0.4 is 0 Å². The van der Waals surface area contributed by atoms with Crippen LogP contribution >= 0.6 is 11.3 Å². The zero-order chi connectivity index (χ0) is 20.8. The van der Waals surface area contributed by atoms with Gasteiger partial charge in [-0.15, -0.1) is 11.3 Å². The van der Waals surface area contributed by atoms with Gasteiger partial charge in [-0.25, -0.2) is 0 Å². The summed E-state index contributed by atoms with van der Waals surface area (Å²) in [6, 6.07) is 18.7. The van der Waals surface area contributed by atoms with Gasteiger partial charge in [0.05, 0.1) is 16.1 Å². The third kappa shape index (κ3) is 2.56. The van der Waals surface area contributed by atoms with E-state index in [1.807, 2.05) is 47.3 Å². The lowest BCUT2D eigenvalue weighted by Gasteiger charge is -2.01. The highest BCUT2D eigenvalue weighted by Gasteiger charge is 2.32.